The summed E-state index contributed by atoms with van der Waals surface area (Å²) in [6, 6.07) is 9.83. The number of rotatable bonds is 5. The molecule has 0 aliphatic carbocycles. The summed E-state index contributed by atoms with van der Waals surface area (Å²) in [5, 5.41) is 3.06. The molecule has 1 aliphatic rings. The van der Waals surface area contributed by atoms with Crippen molar-refractivity contribution in [1.82, 2.24) is 5.32 Å². The van der Waals surface area contributed by atoms with Gasteiger partial charge in [-0.05, 0) is 18.4 Å². The molecule has 1 aromatic rings. The molecule has 1 aliphatic heterocycles. The van der Waals surface area contributed by atoms with Crippen LogP contribution in [0.25, 0.3) is 0 Å². The largest absolute Gasteiger partial charge is 0.369 e. The van der Waals surface area contributed by atoms with Crippen LogP contribution < -0.4 is 16.8 Å². The fourth-order valence-electron chi connectivity index (χ4n) is 2.79. The SMILES string of the molecule is NC(=O)C1CNCC1(CCc1ccccc1)C(N)=O. The average molecular weight is 261 g/mol. The lowest BCUT2D eigenvalue weighted by Gasteiger charge is -2.29. The van der Waals surface area contributed by atoms with Crippen molar-refractivity contribution in [2.45, 2.75) is 12.8 Å². The van der Waals surface area contributed by atoms with Crippen molar-refractivity contribution < 1.29 is 9.59 Å². The van der Waals surface area contributed by atoms with Crippen molar-refractivity contribution >= 4 is 11.8 Å². The minimum Gasteiger partial charge on any atom is -0.369 e. The molecule has 0 radical (unpaired) electrons. The van der Waals surface area contributed by atoms with E-state index in [1.54, 1.807) is 0 Å². The van der Waals surface area contributed by atoms with E-state index in [2.05, 4.69) is 5.32 Å². The molecule has 2 amide bonds. The highest BCUT2D eigenvalue weighted by molar-refractivity contribution is 5.90. The van der Waals surface area contributed by atoms with Crippen LogP contribution in [0.1, 0.15) is 12.0 Å². The smallest absolute Gasteiger partial charge is 0.225 e. The van der Waals surface area contributed by atoms with Crippen molar-refractivity contribution in [2.75, 3.05) is 13.1 Å². The third-order valence-electron chi connectivity index (χ3n) is 3.99. The molecule has 5 N–H and O–H groups in total. The number of hydrogen-bond acceptors (Lipinski definition) is 3. The zero-order valence-corrected chi connectivity index (χ0v) is 10.8. The molecule has 0 bridgehead atoms. The second-order valence-electron chi connectivity index (χ2n) is 5.09. The monoisotopic (exact) mass is 261 g/mol. The Morgan fingerprint density at radius 2 is 1.95 bits per heavy atom. The van der Waals surface area contributed by atoms with Gasteiger partial charge in [-0.1, -0.05) is 30.3 Å². The summed E-state index contributed by atoms with van der Waals surface area (Å²) >= 11 is 0. The standard InChI is InChI=1S/C14H19N3O2/c15-12(18)11-8-17-9-14(11,13(16)19)7-6-10-4-2-1-3-5-10/h1-5,11,17H,6-9H2,(H2,15,18)(H2,16,19). The van der Waals surface area contributed by atoms with Crippen LogP contribution in [0.5, 0.6) is 0 Å². The highest BCUT2D eigenvalue weighted by Gasteiger charge is 2.50. The summed E-state index contributed by atoms with van der Waals surface area (Å²) in [7, 11) is 0. The first-order valence-electron chi connectivity index (χ1n) is 6.40. The van der Waals surface area contributed by atoms with Gasteiger partial charge in [-0.3, -0.25) is 9.59 Å². The lowest BCUT2D eigenvalue weighted by Crippen LogP contribution is -2.48. The van der Waals surface area contributed by atoms with Gasteiger partial charge in [-0.2, -0.15) is 0 Å². The lowest BCUT2D eigenvalue weighted by molar-refractivity contribution is -0.136. The summed E-state index contributed by atoms with van der Waals surface area (Å²) in [6.45, 7) is 0.843. The van der Waals surface area contributed by atoms with Gasteiger partial charge in [-0.25, -0.2) is 0 Å². The zero-order chi connectivity index (χ0) is 13.9. The van der Waals surface area contributed by atoms with E-state index < -0.39 is 23.1 Å². The van der Waals surface area contributed by atoms with Gasteiger partial charge in [0.15, 0.2) is 0 Å². The third-order valence-corrected chi connectivity index (χ3v) is 3.99. The molecule has 0 spiro atoms. The van der Waals surface area contributed by atoms with E-state index in [1.807, 2.05) is 30.3 Å². The van der Waals surface area contributed by atoms with Crippen LogP contribution in [0.15, 0.2) is 30.3 Å². The Labute approximate surface area is 112 Å². The Kier molecular flexibility index (Phi) is 3.85. The molecule has 2 unspecified atom stereocenters. The molecule has 2 rings (SSSR count). The molecule has 19 heavy (non-hydrogen) atoms. The Hall–Kier alpha value is -1.88. The van der Waals surface area contributed by atoms with Gasteiger partial charge in [0.25, 0.3) is 0 Å². The van der Waals surface area contributed by atoms with Crippen LogP contribution in [-0.4, -0.2) is 24.9 Å². The Morgan fingerprint density at radius 3 is 2.53 bits per heavy atom. The zero-order valence-electron chi connectivity index (χ0n) is 10.8. The maximum absolute atomic E-state index is 11.8. The van der Waals surface area contributed by atoms with Crippen molar-refractivity contribution in [1.29, 1.82) is 0 Å². The second kappa shape index (κ2) is 5.40. The number of nitrogens with two attached hydrogens (primary N) is 2. The van der Waals surface area contributed by atoms with E-state index in [0.717, 1.165) is 5.56 Å². The van der Waals surface area contributed by atoms with Gasteiger partial charge in [-0.15, -0.1) is 0 Å². The maximum atomic E-state index is 11.8. The van der Waals surface area contributed by atoms with Crippen LogP contribution in [0.3, 0.4) is 0 Å². The first-order valence-corrected chi connectivity index (χ1v) is 6.40. The van der Waals surface area contributed by atoms with Gasteiger partial charge in [0, 0.05) is 13.1 Å². The average Bonchev–Trinajstić information content (AvgIpc) is 2.83. The van der Waals surface area contributed by atoms with Gasteiger partial charge >= 0.3 is 0 Å². The highest BCUT2D eigenvalue weighted by Crippen LogP contribution is 2.36. The van der Waals surface area contributed by atoms with Crippen molar-refractivity contribution in [3.8, 4) is 0 Å². The second-order valence-corrected chi connectivity index (χ2v) is 5.09. The number of hydrogen-bond donors (Lipinski definition) is 3. The maximum Gasteiger partial charge on any atom is 0.225 e. The normalized spacial score (nSPS) is 26.2. The Morgan fingerprint density at radius 1 is 1.26 bits per heavy atom. The van der Waals surface area contributed by atoms with Crippen LogP contribution in [0, 0.1) is 11.3 Å². The van der Waals surface area contributed by atoms with E-state index in [9.17, 15) is 9.59 Å². The Balaban J connectivity index is 2.16. The number of carbonyl (C=O) groups excluding carboxylic acids is 2. The molecule has 5 nitrogen and oxygen atoms in total. The molecule has 1 fully saturated rings. The first-order chi connectivity index (χ1) is 9.06. The molecule has 0 aromatic heterocycles. The molecule has 1 heterocycles. The van der Waals surface area contributed by atoms with E-state index in [-0.39, 0.29) is 0 Å². The highest BCUT2D eigenvalue weighted by atomic mass is 16.2. The van der Waals surface area contributed by atoms with E-state index >= 15 is 0 Å². The van der Waals surface area contributed by atoms with Crippen molar-refractivity contribution in [3.63, 3.8) is 0 Å². The molecule has 1 saturated heterocycles. The van der Waals surface area contributed by atoms with Gasteiger partial charge in [0.1, 0.15) is 0 Å². The summed E-state index contributed by atoms with van der Waals surface area (Å²) in [5.74, 6) is -1.43. The number of primary amides is 2. The predicted octanol–water partition coefficient (Wildman–Crippen LogP) is -0.204. The van der Waals surface area contributed by atoms with Gasteiger partial charge in [0.2, 0.25) is 11.8 Å². The number of amides is 2. The lowest BCUT2D eigenvalue weighted by atomic mass is 9.73. The summed E-state index contributed by atoms with van der Waals surface area (Å²) in [4.78, 5) is 23.3. The van der Waals surface area contributed by atoms with E-state index in [0.29, 0.717) is 25.9 Å². The minimum atomic E-state index is -0.859. The molecular formula is C14H19N3O2. The molecule has 0 saturated carbocycles. The third kappa shape index (κ3) is 2.61. The number of benzene rings is 1. The first kappa shape index (κ1) is 13.5. The fourth-order valence-corrected chi connectivity index (χ4v) is 2.79. The summed E-state index contributed by atoms with van der Waals surface area (Å²) in [5.41, 5.74) is 11.2. The van der Waals surface area contributed by atoms with E-state index in [4.69, 9.17) is 11.5 Å². The van der Waals surface area contributed by atoms with Crippen molar-refractivity contribution in [3.05, 3.63) is 35.9 Å². The number of nitrogens with one attached hydrogen (secondary N) is 1. The summed E-state index contributed by atoms with van der Waals surface area (Å²) < 4.78 is 0. The minimum absolute atomic E-state index is 0.419. The van der Waals surface area contributed by atoms with Crippen LogP contribution in [0.2, 0.25) is 0 Å². The number of carbonyl (C=O) groups is 2. The quantitative estimate of drug-likeness (QED) is 0.684. The van der Waals surface area contributed by atoms with Crippen LogP contribution in [-0.2, 0) is 16.0 Å². The topological polar surface area (TPSA) is 98.2 Å². The van der Waals surface area contributed by atoms with Crippen LogP contribution >= 0.6 is 0 Å². The van der Waals surface area contributed by atoms with Gasteiger partial charge in [0.05, 0.1) is 11.3 Å². The fraction of sp³-hybridized carbons (Fsp3) is 0.429. The predicted molar refractivity (Wildman–Crippen MR) is 71.9 cm³/mol. The molecule has 5 heteroatoms. The van der Waals surface area contributed by atoms with E-state index in [1.165, 1.54) is 0 Å². The number of aryl methyl sites for hydroxylation is 1. The Bertz CT molecular complexity index is 475. The molecular weight excluding hydrogens is 242 g/mol. The molecule has 2 atom stereocenters. The molecule has 1 aromatic carbocycles. The molecule has 102 valence electrons. The van der Waals surface area contributed by atoms with Crippen molar-refractivity contribution in [2.24, 2.45) is 22.8 Å². The summed E-state index contributed by atoms with van der Waals surface area (Å²) in [6.07, 6.45) is 1.24. The van der Waals surface area contributed by atoms with Crippen LogP contribution in [0.4, 0.5) is 0 Å². The van der Waals surface area contributed by atoms with Gasteiger partial charge < -0.3 is 16.8 Å².